The summed E-state index contributed by atoms with van der Waals surface area (Å²) in [6.45, 7) is 15.5. The zero-order chi connectivity index (χ0) is 13.7. The van der Waals surface area contributed by atoms with Crippen LogP contribution >= 0.6 is 0 Å². The van der Waals surface area contributed by atoms with Crippen LogP contribution in [-0.4, -0.2) is 53.9 Å². The van der Waals surface area contributed by atoms with Crippen LogP contribution in [0.25, 0.3) is 0 Å². The molecule has 4 nitrogen and oxygen atoms in total. The minimum atomic E-state index is 0.0734. The van der Waals surface area contributed by atoms with E-state index >= 15 is 0 Å². The van der Waals surface area contributed by atoms with E-state index in [1.165, 1.54) is 5.84 Å². The van der Waals surface area contributed by atoms with E-state index in [4.69, 9.17) is 0 Å². The fraction of sp³-hybridized carbons (Fsp3) is 0.857. The maximum absolute atomic E-state index is 11.5. The van der Waals surface area contributed by atoms with E-state index in [-0.39, 0.29) is 11.8 Å². The Morgan fingerprint density at radius 3 is 2.56 bits per heavy atom. The van der Waals surface area contributed by atoms with Crippen LogP contribution in [0.1, 0.15) is 34.6 Å². The predicted molar refractivity (Wildman–Crippen MR) is 74.9 cm³/mol. The molecule has 0 aromatic carbocycles. The Hall–Kier alpha value is -1.06. The second kappa shape index (κ2) is 6.76. The Morgan fingerprint density at radius 2 is 2.06 bits per heavy atom. The van der Waals surface area contributed by atoms with Crippen molar-refractivity contribution in [1.29, 1.82) is 0 Å². The number of hydrogen-bond acceptors (Lipinski definition) is 2. The molecule has 1 aliphatic heterocycles. The van der Waals surface area contributed by atoms with Crippen molar-refractivity contribution in [1.82, 2.24) is 10.2 Å². The van der Waals surface area contributed by atoms with Gasteiger partial charge in [-0.3, -0.25) is 14.3 Å². The molecule has 4 heteroatoms. The molecule has 0 fully saturated rings. The minimum absolute atomic E-state index is 0.0734. The number of likely N-dealkylation sites (N-methyl/N-ethyl adjacent to an activating group) is 1. The van der Waals surface area contributed by atoms with Crippen molar-refractivity contribution >= 4 is 11.7 Å². The van der Waals surface area contributed by atoms with Crippen molar-refractivity contribution in [2.45, 2.75) is 34.6 Å². The molecule has 0 bridgehead atoms. The van der Waals surface area contributed by atoms with Crippen LogP contribution in [0.3, 0.4) is 0 Å². The van der Waals surface area contributed by atoms with Crippen molar-refractivity contribution < 1.29 is 9.37 Å². The molecule has 104 valence electrons. The van der Waals surface area contributed by atoms with Gasteiger partial charge >= 0.3 is 0 Å². The quantitative estimate of drug-likeness (QED) is 0.722. The van der Waals surface area contributed by atoms with Gasteiger partial charge in [0.2, 0.25) is 11.7 Å². The lowest BCUT2D eigenvalue weighted by Gasteiger charge is -2.14. The average molecular weight is 254 g/mol. The molecular formula is C14H28N3O+. The van der Waals surface area contributed by atoms with Crippen LogP contribution in [0.4, 0.5) is 0 Å². The Labute approximate surface area is 111 Å². The van der Waals surface area contributed by atoms with E-state index in [2.05, 4.69) is 35.6 Å². The van der Waals surface area contributed by atoms with Gasteiger partial charge in [-0.05, 0) is 6.92 Å². The van der Waals surface area contributed by atoms with Gasteiger partial charge in [0.15, 0.2) is 0 Å². The monoisotopic (exact) mass is 254 g/mol. The van der Waals surface area contributed by atoms with Gasteiger partial charge in [0.25, 0.3) is 0 Å². The smallest absolute Gasteiger partial charge is 0.249 e. The number of hydrogen-bond donors (Lipinski definition) is 1. The summed E-state index contributed by atoms with van der Waals surface area (Å²) in [6, 6.07) is 0. The lowest BCUT2D eigenvalue weighted by atomic mass is 10.2. The molecule has 1 rings (SSSR count). The van der Waals surface area contributed by atoms with E-state index in [0.717, 1.165) is 32.7 Å². The number of nitrogens with one attached hydrogen (secondary N) is 1. The van der Waals surface area contributed by atoms with E-state index < -0.39 is 0 Å². The lowest BCUT2D eigenvalue weighted by molar-refractivity contribution is -0.518. The highest BCUT2D eigenvalue weighted by Crippen LogP contribution is 2.09. The molecular weight excluding hydrogens is 226 g/mol. The van der Waals surface area contributed by atoms with E-state index in [0.29, 0.717) is 5.92 Å². The highest BCUT2D eigenvalue weighted by atomic mass is 16.1. The third-order valence-electron chi connectivity index (χ3n) is 3.39. The predicted octanol–water partition coefficient (Wildman–Crippen LogP) is 1.16. The minimum Gasteiger partial charge on any atom is -0.352 e. The fourth-order valence-corrected chi connectivity index (χ4v) is 2.47. The van der Waals surface area contributed by atoms with Crippen molar-refractivity contribution in [3.8, 4) is 0 Å². The molecule has 1 N–H and O–H groups in total. The van der Waals surface area contributed by atoms with Crippen LogP contribution in [0.15, 0.2) is 0 Å². The second-order valence-corrected chi connectivity index (χ2v) is 5.53. The SMILES string of the molecule is CCN1CC[N+](CCNC(=O)C(C)C)=C1C(C)C. The van der Waals surface area contributed by atoms with Crippen LogP contribution < -0.4 is 5.32 Å². The zero-order valence-corrected chi connectivity index (χ0v) is 12.5. The van der Waals surface area contributed by atoms with Crippen LogP contribution in [-0.2, 0) is 4.79 Å². The summed E-state index contributed by atoms with van der Waals surface area (Å²) in [4.78, 5) is 13.9. The number of amidine groups is 1. The first-order valence-corrected chi connectivity index (χ1v) is 7.11. The molecule has 0 atom stereocenters. The molecule has 0 saturated heterocycles. The normalized spacial score (nSPS) is 16.1. The highest BCUT2D eigenvalue weighted by Gasteiger charge is 2.30. The fourth-order valence-electron chi connectivity index (χ4n) is 2.47. The molecule has 1 aliphatic rings. The van der Waals surface area contributed by atoms with Gasteiger partial charge in [0.1, 0.15) is 19.6 Å². The van der Waals surface area contributed by atoms with Gasteiger partial charge in [0, 0.05) is 5.92 Å². The Morgan fingerprint density at radius 1 is 1.39 bits per heavy atom. The molecule has 1 amide bonds. The molecule has 0 aromatic heterocycles. The zero-order valence-electron chi connectivity index (χ0n) is 12.5. The lowest BCUT2D eigenvalue weighted by Crippen LogP contribution is -2.37. The van der Waals surface area contributed by atoms with Gasteiger partial charge < -0.3 is 5.32 Å². The molecule has 0 aliphatic carbocycles. The largest absolute Gasteiger partial charge is 0.352 e. The maximum Gasteiger partial charge on any atom is 0.249 e. The van der Waals surface area contributed by atoms with Crippen molar-refractivity contribution in [2.75, 3.05) is 32.7 Å². The topological polar surface area (TPSA) is 35.4 Å². The number of rotatable bonds is 6. The Bertz CT molecular complexity index is 321. The molecule has 18 heavy (non-hydrogen) atoms. The number of carbonyl (C=O) groups excluding carboxylic acids is 1. The average Bonchev–Trinajstić information content (AvgIpc) is 2.71. The van der Waals surface area contributed by atoms with E-state index in [9.17, 15) is 4.79 Å². The summed E-state index contributed by atoms with van der Waals surface area (Å²) < 4.78 is 2.41. The summed E-state index contributed by atoms with van der Waals surface area (Å²) in [5.41, 5.74) is 0. The summed E-state index contributed by atoms with van der Waals surface area (Å²) in [5.74, 6) is 2.20. The summed E-state index contributed by atoms with van der Waals surface area (Å²) in [5, 5.41) is 2.99. The molecule has 0 spiro atoms. The van der Waals surface area contributed by atoms with Gasteiger partial charge in [-0.15, -0.1) is 0 Å². The number of amides is 1. The number of carbonyl (C=O) groups is 1. The Balaban J connectivity index is 2.54. The second-order valence-electron chi connectivity index (χ2n) is 5.53. The summed E-state index contributed by atoms with van der Waals surface area (Å²) in [6.07, 6.45) is 0. The first kappa shape index (κ1) is 15.0. The molecule has 1 heterocycles. The van der Waals surface area contributed by atoms with Gasteiger partial charge in [-0.2, -0.15) is 0 Å². The van der Waals surface area contributed by atoms with Crippen LogP contribution in [0.2, 0.25) is 0 Å². The summed E-state index contributed by atoms with van der Waals surface area (Å²) in [7, 11) is 0. The van der Waals surface area contributed by atoms with Crippen molar-refractivity contribution in [3.05, 3.63) is 0 Å². The summed E-state index contributed by atoms with van der Waals surface area (Å²) >= 11 is 0. The van der Waals surface area contributed by atoms with E-state index in [1.54, 1.807) is 0 Å². The Kier molecular flexibility index (Phi) is 5.63. The van der Waals surface area contributed by atoms with Crippen molar-refractivity contribution in [3.63, 3.8) is 0 Å². The highest BCUT2D eigenvalue weighted by molar-refractivity contribution is 5.80. The van der Waals surface area contributed by atoms with Gasteiger partial charge in [-0.25, -0.2) is 0 Å². The molecule has 0 radical (unpaired) electrons. The third-order valence-corrected chi connectivity index (χ3v) is 3.39. The van der Waals surface area contributed by atoms with Crippen molar-refractivity contribution in [2.24, 2.45) is 11.8 Å². The maximum atomic E-state index is 11.5. The van der Waals surface area contributed by atoms with E-state index in [1.807, 2.05) is 13.8 Å². The van der Waals surface area contributed by atoms with Crippen LogP contribution in [0, 0.1) is 11.8 Å². The molecule has 0 saturated carbocycles. The number of nitrogens with zero attached hydrogens (tertiary/aromatic N) is 2. The van der Waals surface area contributed by atoms with Crippen LogP contribution in [0.5, 0.6) is 0 Å². The molecule has 0 aromatic rings. The van der Waals surface area contributed by atoms with Gasteiger partial charge in [0.05, 0.1) is 19.0 Å². The third kappa shape index (κ3) is 3.72. The first-order chi connectivity index (χ1) is 8.47. The standard InChI is InChI=1S/C14H27N3O/c1-6-16-9-10-17(14(16)12(4)5)8-7-15-13(18)11(2)3/h11-12H,6-10H2,1-5H3/p+1. The van der Waals surface area contributed by atoms with Gasteiger partial charge in [-0.1, -0.05) is 27.7 Å². The first-order valence-electron chi connectivity index (χ1n) is 7.11. The molecule has 0 unspecified atom stereocenters.